The van der Waals surface area contributed by atoms with Gasteiger partial charge >= 0.3 is 0 Å². The normalized spacial score (nSPS) is 15.3. The number of carbonyl (C=O) groups excluding carboxylic acids is 4. The molecule has 10 heteroatoms. The molecule has 0 aliphatic heterocycles. The molecule has 10 nitrogen and oxygen atoms in total. The van der Waals surface area contributed by atoms with Gasteiger partial charge in [0, 0.05) is 34.2 Å². The molecule has 188 valence electrons. The maximum absolute atomic E-state index is 13.5. The average molecular weight is 502 g/mol. The Morgan fingerprint density at radius 2 is 1.73 bits per heavy atom. The van der Waals surface area contributed by atoms with Crippen LogP contribution in [0.25, 0.3) is 11.1 Å². The molecule has 2 amide bonds. The van der Waals surface area contributed by atoms with Crippen molar-refractivity contribution in [2.75, 3.05) is 13.7 Å². The third-order valence-electron chi connectivity index (χ3n) is 6.77. The van der Waals surface area contributed by atoms with Crippen molar-refractivity contribution in [2.45, 2.75) is 19.4 Å². The van der Waals surface area contributed by atoms with Crippen LogP contribution in [-0.4, -0.2) is 52.4 Å². The topological polar surface area (TPSA) is 176 Å². The van der Waals surface area contributed by atoms with Crippen LogP contribution in [0, 0.1) is 6.92 Å². The summed E-state index contributed by atoms with van der Waals surface area (Å²) in [6, 6.07) is 7.33. The van der Waals surface area contributed by atoms with Crippen molar-refractivity contribution >= 4 is 23.4 Å². The molecule has 3 aromatic rings. The van der Waals surface area contributed by atoms with Crippen LogP contribution in [0.15, 0.2) is 30.3 Å². The van der Waals surface area contributed by atoms with Gasteiger partial charge in [0.25, 0.3) is 5.91 Å². The lowest BCUT2D eigenvalue weighted by atomic mass is 9.75. The average Bonchev–Trinajstić information content (AvgIpc) is 2.85. The van der Waals surface area contributed by atoms with Crippen LogP contribution in [0.2, 0.25) is 0 Å². The molecule has 0 bridgehead atoms. The second kappa shape index (κ2) is 8.45. The highest BCUT2D eigenvalue weighted by Gasteiger charge is 2.39. The summed E-state index contributed by atoms with van der Waals surface area (Å²) >= 11 is 0. The number of rotatable bonds is 4. The molecule has 0 radical (unpaired) electrons. The Morgan fingerprint density at radius 1 is 1.00 bits per heavy atom. The number of benzene rings is 3. The number of phenols is 2. The van der Waals surface area contributed by atoms with E-state index >= 15 is 0 Å². The van der Waals surface area contributed by atoms with Gasteiger partial charge in [0.15, 0.2) is 11.6 Å². The van der Waals surface area contributed by atoms with Crippen LogP contribution >= 0.6 is 0 Å². The molecular weight excluding hydrogens is 480 g/mol. The zero-order valence-corrected chi connectivity index (χ0v) is 19.8. The minimum atomic E-state index is -1.16. The number of carbonyl (C=O) groups is 4. The summed E-state index contributed by atoms with van der Waals surface area (Å²) in [5.41, 5.74) is 5.68. The van der Waals surface area contributed by atoms with Gasteiger partial charge < -0.3 is 31.1 Å². The number of primary amides is 1. The number of aliphatic hydroxyl groups excluding tert-OH is 1. The van der Waals surface area contributed by atoms with Crippen molar-refractivity contribution in [2.24, 2.45) is 5.73 Å². The van der Waals surface area contributed by atoms with Crippen molar-refractivity contribution in [3.8, 4) is 28.4 Å². The molecule has 0 spiro atoms. The zero-order chi connectivity index (χ0) is 26.8. The molecule has 2 aliphatic carbocycles. The molecule has 0 heterocycles. The number of ketones is 2. The van der Waals surface area contributed by atoms with Gasteiger partial charge in [-0.2, -0.15) is 0 Å². The quantitative estimate of drug-likeness (QED) is 0.280. The predicted octanol–water partition coefficient (Wildman–Crippen LogP) is 1.66. The first kappa shape index (κ1) is 24.0. The molecule has 0 fully saturated rings. The van der Waals surface area contributed by atoms with E-state index in [1.807, 2.05) is 0 Å². The van der Waals surface area contributed by atoms with Gasteiger partial charge in [-0.3, -0.25) is 19.2 Å². The number of nitrogens with one attached hydrogen (secondary N) is 1. The van der Waals surface area contributed by atoms with Gasteiger partial charge in [0.05, 0.1) is 30.9 Å². The van der Waals surface area contributed by atoms with Crippen LogP contribution in [-0.2, 0) is 11.2 Å². The first-order chi connectivity index (χ1) is 17.5. The minimum absolute atomic E-state index is 0.0219. The van der Waals surface area contributed by atoms with Crippen molar-refractivity contribution in [1.29, 1.82) is 0 Å². The third kappa shape index (κ3) is 3.53. The Morgan fingerprint density at radius 3 is 2.41 bits per heavy atom. The lowest BCUT2D eigenvalue weighted by Gasteiger charge is -2.30. The number of nitrogens with two attached hydrogens (primary N) is 1. The van der Waals surface area contributed by atoms with E-state index < -0.39 is 47.5 Å². The van der Waals surface area contributed by atoms with E-state index in [1.54, 1.807) is 19.1 Å². The van der Waals surface area contributed by atoms with Gasteiger partial charge in [0.2, 0.25) is 5.91 Å². The Bertz CT molecular complexity index is 1570. The maximum atomic E-state index is 13.5. The monoisotopic (exact) mass is 502 g/mol. The molecule has 0 unspecified atom stereocenters. The van der Waals surface area contributed by atoms with Gasteiger partial charge in [0.1, 0.15) is 17.2 Å². The van der Waals surface area contributed by atoms with Crippen molar-refractivity contribution in [3.63, 3.8) is 0 Å². The van der Waals surface area contributed by atoms with E-state index in [0.29, 0.717) is 16.9 Å². The maximum Gasteiger partial charge on any atom is 0.255 e. The van der Waals surface area contributed by atoms with Crippen LogP contribution in [0.5, 0.6) is 17.2 Å². The van der Waals surface area contributed by atoms with E-state index in [4.69, 9.17) is 10.5 Å². The van der Waals surface area contributed by atoms with Gasteiger partial charge in [-0.25, -0.2) is 0 Å². The van der Waals surface area contributed by atoms with Crippen LogP contribution in [0.3, 0.4) is 0 Å². The number of phenolic OH excluding ortho intramolecular Hbond substituents is 2. The molecule has 0 aromatic heterocycles. The third-order valence-corrected chi connectivity index (χ3v) is 6.77. The number of ether oxygens (including phenoxy) is 1. The number of methoxy groups -OCH3 is 1. The lowest BCUT2D eigenvalue weighted by molar-refractivity contribution is -0.117. The second-order valence-corrected chi connectivity index (χ2v) is 9.00. The molecular formula is C27H22N2O8. The number of aliphatic hydroxyl groups is 1. The highest BCUT2D eigenvalue weighted by Crippen LogP contribution is 2.52. The summed E-state index contributed by atoms with van der Waals surface area (Å²) in [6.45, 7) is 1.11. The fourth-order valence-corrected chi connectivity index (χ4v) is 5.11. The number of fused-ring (bicyclic) bond motifs is 5. The Hall–Kier alpha value is -4.70. The van der Waals surface area contributed by atoms with Crippen molar-refractivity contribution in [1.82, 2.24) is 5.32 Å². The number of hydrogen-bond donors (Lipinski definition) is 5. The summed E-state index contributed by atoms with van der Waals surface area (Å²) in [5.74, 6) is -3.44. The van der Waals surface area contributed by atoms with Crippen molar-refractivity contribution in [3.05, 3.63) is 74.8 Å². The highest BCUT2D eigenvalue weighted by atomic mass is 16.5. The largest absolute Gasteiger partial charge is 0.506 e. The number of aromatic hydroxyl groups is 2. The fourth-order valence-electron chi connectivity index (χ4n) is 5.11. The standard InChI is InChI=1S/C27H22N2O8/c1-10-5-11-6-17(30)15-8-16-22(24(33)14-7-12(37-2)3-4-13(14)23(16)32)26(35)21(15)20(11)25(34)19(10)27(36)29-9-18(28)31/h3-5,7-8,17,30,34-35H,6,9H2,1-2H3,(H2,28,31)(H,29,36)/t17-/m1/s1. The smallest absolute Gasteiger partial charge is 0.255 e. The van der Waals surface area contributed by atoms with Crippen LogP contribution < -0.4 is 15.8 Å². The zero-order valence-electron chi connectivity index (χ0n) is 19.8. The first-order valence-corrected chi connectivity index (χ1v) is 11.3. The molecule has 0 saturated carbocycles. The molecule has 6 N–H and O–H groups in total. The van der Waals surface area contributed by atoms with E-state index in [1.165, 1.54) is 25.3 Å². The Kier molecular flexibility index (Phi) is 5.49. The molecule has 3 aromatic carbocycles. The van der Waals surface area contributed by atoms with Gasteiger partial charge in [-0.15, -0.1) is 0 Å². The second-order valence-electron chi connectivity index (χ2n) is 9.00. The number of hydrogen-bond acceptors (Lipinski definition) is 8. The van der Waals surface area contributed by atoms with E-state index in [0.717, 1.165) is 0 Å². The molecule has 1 atom stereocenters. The number of amides is 2. The summed E-state index contributed by atoms with van der Waals surface area (Å²) in [4.78, 5) is 50.7. The SMILES string of the molecule is COc1ccc2c(c1)C(=O)c1c(cc3c(c1O)-c1c(cc(C)c(C(=O)NCC(N)=O)c1O)C[C@H]3O)C2=O. The molecule has 37 heavy (non-hydrogen) atoms. The van der Waals surface area contributed by atoms with Crippen molar-refractivity contribution < 1.29 is 39.2 Å². The predicted molar refractivity (Wildman–Crippen MR) is 130 cm³/mol. The Balaban J connectivity index is 1.75. The molecule has 5 rings (SSSR count). The molecule has 2 aliphatic rings. The van der Waals surface area contributed by atoms with Gasteiger partial charge in [-0.1, -0.05) is 6.07 Å². The summed E-state index contributed by atoms with van der Waals surface area (Å²) in [7, 11) is 1.42. The highest BCUT2D eigenvalue weighted by molar-refractivity contribution is 6.30. The fraction of sp³-hybridized carbons (Fsp3) is 0.185. The first-order valence-electron chi connectivity index (χ1n) is 11.3. The van der Waals surface area contributed by atoms with Crippen LogP contribution in [0.4, 0.5) is 0 Å². The van der Waals surface area contributed by atoms with E-state index in [2.05, 4.69) is 5.32 Å². The summed E-state index contributed by atoms with van der Waals surface area (Å²) < 4.78 is 5.17. The van der Waals surface area contributed by atoms with Crippen LogP contribution in [0.1, 0.15) is 65.0 Å². The number of aryl methyl sites for hydroxylation is 1. The minimum Gasteiger partial charge on any atom is -0.506 e. The molecule has 0 saturated heterocycles. The lowest BCUT2D eigenvalue weighted by Crippen LogP contribution is -2.33. The summed E-state index contributed by atoms with van der Waals surface area (Å²) in [5, 5.41) is 35.9. The van der Waals surface area contributed by atoms with E-state index in [-0.39, 0.29) is 50.9 Å². The Labute approximate surface area is 210 Å². The van der Waals surface area contributed by atoms with Gasteiger partial charge in [-0.05, 0) is 47.9 Å². The summed E-state index contributed by atoms with van der Waals surface area (Å²) in [6.07, 6.45) is -1.14. The van der Waals surface area contributed by atoms with E-state index in [9.17, 15) is 34.5 Å².